The van der Waals surface area contributed by atoms with Crippen LogP contribution in [0.2, 0.25) is 0 Å². The molecule has 0 radical (unpaired) electrons. The zero-order valence-corrected chi connectivity index (χ0v) is 19.3. The van der Waals surface area contributed by atoms with Crippen LogP contribution in [0.3, 0.4) is 0 Å². The number of amides is 3. The number of hydrogen-bond donors (Lipinski definition) is 1. The Morgan fingerprint density at radius 2 is 1.94 bits per heavy atom. The van der Waals surface area contributed by atoms with Crippen molar-refractivity contribution < 1.29 is 19.1 Å². The van der Waals surface area contributed by atoms with E-state index in [1.54, 1.807) is 28.1 Å². The fraction of sp³-hybridized carbons (Fsp3) is 0.440. The molecule has 0 bridgehead atoms. The van der Waals surface area contributed by atoms with Gasteiger partial charge in [0.05, 0.1) is 24.5 Å². The standard InChI is InChI=1S/C25H29N5O4/c1-25-10-8-22(32)30(25)20-7-3-2-6-19(20)24(33)29(25)12-9-21(31)27-17-18-5-4-11-26-23(18)28-13-15-34-16-14-28/h2-7,11H,8-10,12-17H2,1H3,(H,27,31). The highest BCUT2D eigenvalue weighted by Gasteiger charge is 2.52. The predicted octanol–water partition coefficient (Wildman–Crippen LogP) is 1.92. The number of carbonyl (C=O) groups excluding carboxylic acids is 3. The molecule has 2 saturated heterocycles. The van der Waals surface area contributed by atoms with Crippen LogP contribution in [0.5, 0.6) is 0 Å². The normalized spacial score (nSPS) is 22.0. The summed E-state index contributed by atoms with van der Waals surface area (Å²) in [5.41, 5.74) is 1.35. The quantitative estimate of drug-likeness (QED) is 0.704. The molecule has 178 valence electrons. The number of ether oxygens (including phenoxy) is 1. The monoisotopic (exact) mass is 463 g/mol. The molecule has 3 aliphatic heterocycles. The van der Waals surface area contributed by atoms with Crippen molar-refractivity contribution in [3.63, 3.8) is 0 Å². The Balaban J connectivity index is 1.26. The van der Waals surface area contributed by atoms with Crippen LogP contribution in [-0.2, 0) is 20.9 Å². The molecule has 9 nitrogen and oxygen atoms in total. The molecule has 1 N–H and O–H groups in total. The van der Waals surface area contributed by atoms with Gasteiger partial charge in [-0.3, -0.25) is 19.3 Å². The molecule has 5 rings (SSSR count). The Kier molecular flexibility index (Phi) is 5.95. The Labute approximate surface area is 198 Å². The molecule has 3 aliphatic rings. The van der Waals surface area contributed by atoms with Crippen LogP contribution in [0.25, 0.3) is 0 Å². The molecule has 1 aromatic heterocycles. The number of carbonyl (C=O) groups is 3. The van der Waals surface area contributed by atoms with Gasteiger partial charge in [0.15, 0.2) is 0 Å². The first-order valence-electron chi connectivity index (χ1n) is 11.8. The number of nitrogens with zero attached hydrogens (tertiary/aromatic N) is 4. The number of nitrogens with one attached hydrogen (secondary N) is 1. The molecule has 4 heterocycles. The topological polar surface area (TPSA) is 95.1 Å². The van der Waals surface area contributed by atoms with Crippen LogP contribution < -0.4 is 15.1 Å². The van der Waals surface area contributed by atoms with E-state index in [0.717, 1.165) is 24.5 Å². The summed E-state index contributed by atoms with van der Waals surface area (Å²) in [6.07, 6.45) is 2.84. The van der Waals surface area contributed by atoms with E-state index in [1.807, 2.05) is 31.2 Å². The zero-order chi connectivity index (χ0) is 23.7. The average Bonchev–Trinajstić information content (AvgIpc) is 3.18. The molecule has 9 heteroatoms. The minimum absolute atomic E-state index is 0.00382. The third kappa shape index (κ3) is 3.90. The molecule has 0 spiro atoms. The van der Waals surface area contributed by atoms with E-state index in [2.05, 4.69) is 15.2 Å². The lowest BCUT2D eigenvalue weighted by atomic mass is 9.98. The largest absolute Gasteiger partial charge is 0.378 e. The molecular weight excluding hydrogens is 434 g/mol. The van der Waals surface area contributed by atoms with Gasteiger partial charge in [-0.15, -0.1) is 0 Å². The molecule has 34 heavy (non-hydrogen) atoms. The van der Waals surface area contributed by atoms with E-state index in [4.69, 9.17) is 4.74 Å². The molecule has 2 fully saturated rings. The average molecular weight is 464 g/mol. The first-order valence-corrected chi connectivity index (χ1v) is 11.8. The van der Waals surface area contributed by atoms with Gasteiger partial charge in [0.1, 0.15) is 11.5 Å². The second-order valence-corrected chi connectivity index (χ2v) is 9.03. The van der Waals surface area contributed by atoms with Crippen molar-refractivity contribution in [2.45, 2.75) is 38.4 Å². The highest BCUT2D eigenvalue weighted by molar-refractivity contribution is 6.10. The van der Waals surface area contributed by atoms with Crippen LogP contribution in [-0.4, -0.2) is 66.1 Å². The lowest BCUT2D eigenvalue weighted by Crippen LogP contribution is -2.62. The smallest absolute Gasteiger partial charge is 0.257 e. The van der Waals surface area contributed by atoms with Crippen molar-refractivity contribution in [1.29, 1.82) is 0 Å². The second-order valence-electron chi connectivity index (χ2n) is 9.03. The van der Waals surface area contributed by atoms with Gasteiger partial charge >= 0.3 is 0 Å². The predicted molar refractivity (Wildman–Crippen MR) is 126 cm³/mol. The van der Waals surface area contributed by atoms with Crippen molar-refractivity contribution in [2.24, 2.45) is 0 Å². The SMILES string of the molecule is CC12CCC(=O)N1c1ccccc1C(=O)N2CCC(=O)NCc1cccnc1N1CCOCC1. The number of para-hydroxylation sites is 1. The Hall–Kier alpha value is -3.46. The fourth-order valence-corrected chi connectivity index (χ4v) is 5.17. The molecule has 0 saturated carbocycles. The number of hydrogen-bond acceptors (Lipinski definition) is 6. The van der Waals surface area contributed by atoms with E-state index < -0.39 is 5.66 Å². The molecule has 0 aliphatic carbocycles. The van der Waals surface area contributed by atoms with Crippen molar-refractivity contribution in [3.05, 3.63) is 53.7 Å². The Morgan fingerprint density at radius 3 is 2.76 bits per heavy atom. The number of fused-ring (bicyclic) bond motifs is 3. The first-order chi connectivity index (χ1) is 16.5. The summed E-state index contributed by atoms with van der Waals surface area (Å²) in [7, 11) is 0. The number of benzene rings is 1. The maximum absolute atomic E-state index is 13.3. The summed E-state index contributed by atoms with van der Waals surface area (Å²) in [4.78, 5) is 48.9. The van der Waals surface area contributed by atoms with Gasteiger partial charge in [0.25, 0.3) is 5.91 Å². The van der Waals surface area contributed by atoms with Crippen LogP contribution in [0.1, 0.15) is 42.1 Å². The van der Waals surface area contributed by atoms with Crippen molar-refractivity contribution in [3.8, 4) is 0 Å². The summed E-state index contributed by atoms with van der Waals surface area (Å²) in [6.45, 7) is 5.37. The first kappa shape index (κ1) is 22.3. The maximum Gasteiger partial charge on any atom is 0.257 e. The summed E-state index contributed by atoms with van der Waals surface area (Å²) < 4.78 is 5.43. The van der Waals surface area contributed by atoms with Crippen LogP contribution in [0, 0.1) is 0 Å². The van der Waals surface area contributed by atoms with Crippen LogP contribution in [0.15, 0.2) is 42.6 Å². The highest BCUT2D eigenvalue weighted by Crippen LogP contribution is 2.43. The summed E-state index contributed by atoms with van der Waals surface area (Å²) in [6, 6.07) is 11.0. The number of rotatable bonds is 6. The maximum atomic E-state index is 13.3. The molecular formula is C25H29N5O4. The Bertz CT molecular complexity index is 1120. The number of morpholine rings is 1. The Morgan fingerprint density at radius 1 is 1.15 bits per heavy atom. The van der Waals surface area contributed by atoms with E-state index in [-0.39, 0.29) is 30.7 Å². The summed E-state index contributed by atoms with van der Waals surface area (Å²) in [5.74, 6) is 0.576. The van der Waals surface area contributed by atoms with Crippen LogP contribution in [0.4, 0.5) is 11.5 Å². The minimum Gasteiger partial charge on any atom is -0.378 e. The zero-order valence-electron chi connectivity index (χ0n) is 19.3. The van der Waals surface area contributed by atoms with Gasteiger partial charge in [-0.05, 0) is 31.5 Å². The lowest BCUT2D eigenvalue weighted by molar-refractivity contribution is -0.121. The van der Waals surface area contributed by atoms with Crippen molar-refractivity contribution >= 4 is 29.2 Å². The van der Waals surface area contributed by atoms with Crippen molar-refractivity contribution in [1.82, 2.24) is 15.2 Å². The molecule has 2 aromatic rings. The van der Waals surface area contributed by atoms with Gasteiger partial charge in [-0.1, -0.05) is 18.2 Å². The third-order valence-electron chi connectivity index (χ3n) is 6.96. The summed E-state index contributed by atoms with van der Waals surface area (Å²) >= 11 is 0. The minimum atomic E-state index is -0.754. The molecule has 1 atom stereocenters. The van der Waals surface area contributed by atoms with Gasteiger partial charge in [0.2, 0.25) is 11.8 Å². The van der Waals surface area contributed by atoms with E-state index >= 15 is 0 Å². The summed E-state index contributed by atoms with van der Waals surface area (Å²) in [5, 5.41) is 2.98. The van der Waals surface area contributed by atoms with Gasteiger partial charge in [-0.2, -0.15) is 0 Å². The fourth-order valence-electron chi connectivity index (χ4n) is 5.17. The van der Waals surface area contributed by atoms with E-state index in [0.29, 0.717) is 43.9 Å². The van der Waals surface area contributed by atoms with Gasteiger partial charge < -0.3 is 19.9 Å². The highest BCUT2D eigenvalue weighted by atomic mass is 16.5. The van der Waals surface area contributed by atoms with E-state index in [9.17, 15) is 14.4 Å². The van der Waals surface area contributed by atoms with Gasteiger partial charge in [-0.25, -0.2) is 4.98 Å². The molecule has 1 unspecified atom stereocenters. The number of anilines is 2. The lowest BCUT2D eigenvalue weighted by Gasteiger charge is -2.48. The molecule has 3 amide bonds. The van der Waals surface area contributed by atoms with Crippen molar-refractivity contribution in [2.75, 3.05) is 42.6 Å². The van der Waals surface area contributed by atoms with Crippen LogP contribution >= 0.6 is 0 Å². The number of aromatic nitrogens is 1. The number of pyridine rings is 1. The van der Waals surface area contributed by atoms with Gasteiger partial charge in [0, 0.05) is 50.8 Å². The third-order valence-corrected chi connectivity index (χ3v) is 6.96. The van der Waals surface area contributed by atoms with E-state index in [1.165, 1.54) is 0 Å². The second kappa shape index (κ2) is 9.06. The molecule has 1 aromatic carbocycles.